The van der Waals surface area contributed by atoms with Crippen LogP contribution in [-0.4, -0.2) is 30.2 Å². The average Bonchev–Trinajstić information content (AvgIpc) is 2.69. The number of rotatable bonds is 7. The Morgan fingerprint density at radius 3 is 2.48 bits per heavy atom. The Balaban J connectivity index is 1.96. The third kappa shape index (κ3) is 4.53. The highest BCUT2D eigenvalue weighted by Crippen LogP contribution is 2.25. The van der Waals surface area contributed by atoms with E-state index in [0.29, 0.717) is 24.7 Å². The Kier molecular flexibility index (Phi) is 5.87. The van der Waals surface area contributed by atoms with Crippen LogP contribution in [0, 0.1) is 17.5 Å². The fourth-order valence-corrected chi connectivity index (χ4v) is 2.37. The van der Waals surface area contributed by atoms with Gasteiger partial charge in [-0.3, -0.25) is 0 Å². The number of ether oxygens (including phenoxy) is 1. The van der Waals surface area contributed by atoms with Crippen LogP contribution in [0.25, 0.3) is 11.3 Å². The standard InChI is InChI=1S/C19H17F3N4O/c1-27-10-9-23-16-11-15(12-5-3-2-4-6-12)25-19(26-16)24-14-8-7-13(20)17(21)18(14)22/h2-8,11H,9-10H2,1H3,(H2,23,24,25,26). The summed E-state index contributed by atoms with van der Waals surface area (Å²) in [5.74, 6) is -3.64. The maximum atomic E-state index is 14.0. The molecule has 2 aromatic carbocycles. The van der Waals surface area contributed by atoms with Crippen LogP contribution in [0.4, 0.5) is 30.6 Å². The second-order valence-electron chi connectivity index (χ2n) is 5.60. The van der Waals surface area contributed by atoms with Gasteiger partial charge in [-0.1, -0.05) is 30.3 Å². The maximum Gasteiger partial charge on any atom is 0.229 e. The van der Waals surface area contributed by atoms with Crippen LogP contribution in [0.2, 0.25) is 0 Å². The molecule has 8 heteroatoms. The summed E-state index contributed by atoms with van der Waals surface area (Å²) >= 11 is 0. The summed E-state index contributed by atoms with van der Waals surface area (Å²) in [5.41, 5.74) is 1.14. The Bertz CT molecular complexity index is 922. The van der Waals surface area contributed by atoms with Crippen LogP contribution >= 0.6 is 0 Å². The molecular weight excluding hydrogens is 357 g/mol. The molecule has 0 saturated carbocycles. The molecule has 0 unspecified atom stereocenters. The highest BCUT2D eigenvalue weighted by molar-refractivity contribution is 5.66. The zero-order valence-electron chi connectivity index (χ0n) is 14.5. The van der Waals surface area contributed by atoms with E-state index in [1.807, 2.05) is 30.3 Å². The lowest BCUT2D eigenvalue weighted by Gasteiger charge is -2.12. The zero-order valence-corrected chi connectivity index (χ0v) is 14.5. The monoisotopic (exact) mass is 374 g/mol. The minimum Gasteiger partial charge on any atom is -0.383 e. The van der Waals surface area contributed by atoms with Gasteiger partial charge in [-0.25, -0.2) is 18.2 Å². The van der Waals surface area contributed by atoms with Crippen molar-refractivity contribution in [1.82, 2.24) is 9.97 Å². The second-order valence-corrected chi connectivity index (χ2v) is 5.60. The largest absolute Gasteiger partial charge is 0.383 e. The van der Waals surface area contributed by atoms with Gasteiger partial charge in [0.2, 0.25) is 5.95 Å². The first-order chi connectivity index (χ1) is 13.1. The van der Waals surface area contributed by atoms with Gasteiger partial charge in [-0.15, -0.1) is 0 Å². The van der Waals surface area contributed by atoms with Crippen molar-refractivity contribution < 1.29 is 17.9 Å². The lowest BCUT2D eigenvalue weighted by atomic mass is 10.1. The van der Waals surface area contributed by atoms with E-state index >= 15 is 0 Å². The van der Waals surface area contributed by atoms with Crippen LogP contribution in [0.15, 0.2) is 48.5 Å². The molecule has 140 valence electrons. The molecule has 0 aliphatic rings. The highest BCUT2D eigenvalue weighted by Gasteiger charge is 2.15. The lowest BCUT2D eigenvalue weighted by Crippen LogP contribution is -2.11. The number of hydrogen-bond donors (Lipinski definition) is 2. The molecule has 0 bridgehead atoms. The quantitative estimate of drug-likeness (QED) is 0.475. The van der Waals surface area contributed by atoms with Crippen molar-refractivity contribution in [3.8, 4) is 11.3 Å². The van der Waals surface area contributed by atoms with Crippen LogP contribution < -0.4 is 10.6 Å². The van der Waals surface area contributed by atoms with Gasteiger partial charge in [0.1, 0.15) is 5.82 Å². The maximum absolute atomic E-state index is 14.0. The first-order valence-corrected chi connectivity index (χ1v) is 8.16. The zero-order chi connectivity index (χ0) is 19.2. The number of methoxy groups -OCH3 is 1. The van der Waals surface area contributed by atoms with Crippen molar-refractivity contribution >= 4 is 17.5 Å². The van der Waals surface area contributed by atoms with Crippen molar-refractivity contribution in [3.63, 3.8) is 0 Å². The van der Waals surface area contributed by atoms with Crippen molar-refractivity contribution in [2.75, 3.05) is 30.9 Å². The minimum absolute atomic E-state index is 0.0428. The predicted molar refractivity (Wildman–Crippen MR) is 97.4 cm³/mol. The fourth-order valence-electron chi connectivity index (χ4n) is 2.37. The summed E-state index contributed by atoms with van der Waals surface area (Å²) in [7, 11) is 1.58. The number of aromatic nitrogens is 2. The van der Waals surface area contributed by atoms with Crippen molar-refractivity contribution in [2.24, 2.45) is 0 Å². The number of nitrogens with one attached hydrogen (secondary N) is 2. The minimum atomic E-state index is -1.56. The van der Waals surface area contributed by atoms with Crippen molar-refractivity contribution in [1.29, 1.82) is 0 Å². The van der Waals surface area contributed by atoms with E-state index in [9.17, 15) is 13.2 Å². The SMILES string of the molecule is COCCNc1cc(-c2ccccc2)nc(Nc2ccc(F)c(F)c2F)n1. The van der Waals surface area contributed by atoms with Crippen LogP contribution in [0.3, 0.4) is 0 Å². The average molecular weight is 374 g/mol. The molecule has 0 radical (unpaired) electrons. The molecule has 1 aromatic heterocycles. The van der Waals surface area contributed by atoms with Gasteiger partial charge in [-0.05, 0) is 12.1 Å². The Labute approximate surface area is 154 Å². The molecule has 0 fully saturated rings. The lowest BCUT2D eigenvalue weighted by molar-refractivity contribution is 0.210. The van der Waals surface area contributed by atoms with Gasteiger partial charge < -0.3 is 15.4 Å². The van der Waals surface area contributed by atoms with E-state index in [1.54, 1.807) is 13.2 Å². The fraction of sp³-hybridized carbons (Fsp3) is 0.158. The molecule has 0 saturated heterocycles. The van der Waals surface area contributed by atoms with E-state index < -0.39 is 17.5 Å². The van der Waals surface area contributed by atoms with Gasteiger partial charge in [0.05, 0.1) is 18.0 Å². The van der Waals surface area contributed by atoms with Gasteiger partial charge >= 0.3 is 0 Å². The van der Waals surface area contributed by atoms with Gasteiger partial charge in [0.15, 0.2) is 17.5 Å². The summed E-state index contributed by atoms with van der Waals surface area (Å²) in [6, 6.07) is 13.0. The van der Waals surface area contributed by atoms with Crippen LogP contribution in [0.1, 0.15) is 0 Å². The normalized spacial score (nSPS) is 10.7. The molecule has 0 spiro atoms. The first kappa shape index (κ1) is 18.7. The van der Waals surface area contributed by atoms with Gasteiger partial charge in [0.25, 0.3) is 0 Å². The third-order valence-corrected chi connectivity index (χ3v) is 3.69. The highest BCUT2D eigenvalue weighted by atomic mass is 19.2. The van der Waals surface area contributed by atoms with Gasteiger partial charge in [-0.2, -0.15) is 4.98 Å². The summed E-state index contributed by atoms with van der Waals surface area (Å²) in [5, 5.41) is 5.68. The van der Waals surface area contributed by atoms with Gasteiger partial charge in [0, 0.05) is 25.3 Å². The van der Waals surface area contributed by atoms with E-state index in [-0.39, 0.29) is 11.6 Å². The number of halogens is 3. The molecule has 1 heterocycles. The molecule has 3 aromatic rings. The number of hydrogen-bond acceptors (Lipinski definition) is 5. The summed E-state index contributed by atoms with van der Waals surface area (Å²) in [6.45, 7) is 0.964. The molecule has 0 atom stereocenters. The Morgan fingerprint density at radius 2 is 1.74 bits per heavy atom. The third-order valence-electron chi connectivity index (χ3n) is 3.69. The smallest absolute Gasteiger partial charge is 0.229 e. The number of nitrogens with zero attached hydrogens (tertiary/aromatic N) is 2. The predicted octanol–water partition coefficient (Wildman–Crippen LogP) is 4.36. The summed E-state index contributed by atoms with van der Waals surface area (Å²) in [6.07, 6.45) is 0. The van der Waals surface area contributed by atoms with Crippen molar-refractivity contribution in [2.45, 2.75) is 0 Å². The van der Waals surface area contributed by atoms with E-state index in [0.717, 1.165) is 17.7 Å². The molecule has 0 aliphatic heterocycles. The molecule has 0 amide bonds. The second kappa shape index (κ2) is 8.50. The molecule has 27 heavy (non-hydrogen) atoms. The van der Waals surface area contributed by atoms with Crippen molar-refractivity contribution in [3.05, 3.63) is 66.0 Å². The molecule has 5 nitrogen and oxygen atoms in total. The topological polar surface area (TPSA) is 59.1 Å². The number of benzene rings is 2. The molecule has 0 aliphatic carbocycles. The van der Waals surface area contributed by atoms with Crippen LogP contribution in [0.5, 0.6) is 0 Å². The Morgan fingerprint density at radius 1 is 0.963 bits per heavy atom. The van der Waals surface area contributed by atoms with E-state index in [4.69, 9.17) is 4.74 Å². The molecular formula is C19H17F3N4O. The van der Waals surface area contributed by atoms with E-state index in [2.05, 4.69) is 20.6 Å². The number of anilines is 3. The molecule has 2 N–H and O–H groups in total. The molecule has 3 rings (SSSR count). The van der Waals surface area contributed by atoms with Crippen LogP contribution in [-0.2, 0) is 4.74 Å². The summed E-state index contributed by atoms with van der Waals surface area (Å²) in [4.78, 5) is 8.59. The first-order valence-electron chi connectivity index (χ1n) is 8.16. The van der Waals surface area contributed by atoms with E-state index in [1.165, 1.54) is 0 Å². The summed E-state index contributed by atoms with van der Waals surface area (Å²) < 4.78 is 45.5. The Hall–Kier alpha value is -3.13.